The minimum Gasteiger partial charge on any atom is -0.319 e. The molecular formula is C13H22N4. The summed E-state index contributed by atoms with van der Waals surface area (Å²) in [5.41, 5.74) is 6.34. The van der Waals surface area contributed by atoms with Gasteiger partial charge in [0.25, 0.3) is 0 Å². The highest BCUT2D eigenvalue weighted by Crippen LogP contribution is 2.41. The van der Waals surface area contributed by atoms with Gasteiger partial charge in [0.15, 0.2) is 5.82 Å². The first-order valence-electron chi connectivity index (χ1n) is 6.79. The third kappa shape index (κ3) is 1.99. The molecule has 1 aromatic rings. The SMILES string of the molecule is CC1CCCC(N)(c2nc(C3CC3)nn2C)C1. The molecule has 2 aliphatic rings. The largest absolute Gasteiger partial charge is 0.319 e. The van der Waals surface area contributed by atoms with Gasteiger partial charge in [-0.3, -0.25) is 4.68 Å². The summed E-state index contributed by atoms with van der Waals surface area (Å²) in [4.78, 5) is 4.73. The second kappa shape index (κ2) is 3.80. The van der Waals surface area contributed by atoms with Crippen molar-refractivity contribution in [2.75, 3.05) is 0 Å². The Balaban J connectivity index is 1.90. The molecule has 0 aromatic carbocycles. The van der Waals surface area contributed by atoms with Crippen LogP contribution < -0.4 is 5.73 Å². The van der Waals surface area contributed by atoms with Crippen LogP contribution >= 0.6 is 0 Å². The molecule has 0 saturated heterocycles. The third-order valence-corrected chi connectivity index (χ3v) is 4.20. The molecule has 3 rings (SSSR count). The summed E-state index contributed by atoms with van der Waals surface area (Å²) in [7, 11) is 1.99. The number of rotatable bonds is 2. The normalized spacial score (nSPS) is 33.9. The number of nitrogens with zero attached hydrogens (tertiary/aromatic N) is 3. The molecule has 0 spiro atoms. The standard InChI is InChI=1S/C13H22N4/c1-9-4-3-7-13(14,8-9)12-15-11(10-5-6-10)16-17(12)2/h9-10H,3-8,14H2,1-2H3. The number of nitrogens with two attached hydrogens (primary N) is 1. The maximum Gasteiger partial charge on any atom is 0.154 e. The van der Waals surface area contributed by atoms with E-state index in [4.69, 9.17) is 10.7 Å². The average Bonchev–Trinajstić information content (AvgIpc) is 3.02. The molecule has 4 nitrogen and oxygen atoms in total. The van der Waals surface area contributed by atoms with E-state index in [1.165, 1.54) is 25.7 Å². The van der Waals surface area contributed by atoms with E-state index in [0.717, 1.165) is 24.5 Å². The summed E-state index contributed by atoms with van der Waals surface area (Å²) in [5, 5.41) is 4.54. The zero-order valence-corrected chi connectivity index (χ0v) is 10.8. The first kappa shape index (κ1) is 11.2. The van der Waals surface area contributed by atoms with E-state index in [0.29, 0.717) is 11.8 Å². The summed E-state index contributed by atoms with van der Waals surface area (Å²) >= 11 is 0. The molecule has 0 amide bonds. The molecule has 1 heterocycles. The minimum atomic E-state index is -0.243. The van der Waals surface area contributed by atoms with Crippen molar-refractivity contribution in [1.82, 2.24) is 14.8 Å². The van der Waals surface area contributed by atoms with Crippen molar-refractivity contribution < 1.29 is 0 Å². The van der Waals surface area contributed by atoms with Crippen molar-refractivity contribution in [3.63, 3.8) is 0 Å². The van der Waals surface area contributed by atoms with Gasteiger partial charge >= 0.3 is 0 Å². The molecule has 2 saturated carbocycles. The highest BCUT2D eigenvalue weighted by atomic mass is 15.3. The summed E-state index contributed by atoms with van der Waals surface area (Å²) in [5.74, 6) is 3.34. The lowest BCUT2D eigenvalue weighted by molar-refractivity contribution is 0.222. The van der Waals surface area contributed by atoms with Gasteiger partial charge in [0.1, 0.15) is 5.82 Å². The van der Waals surface area contributed by atoms with Gasteiger partial charge in [-0.1, -0.05) is 19.8 Å². The molecule has 94 valence electrons. The van der Waals surface area contributed by atoms with Gasteiger partial charge in [-0.05, 0) is 31.6 Å². The fraction of sp³-hybridized carbons (Fsp3) is 0.846. The first-order valence-corrected chi connectivity index (χ1v) is 6.79. The highest BCUT2D eigenvalue weighted by molar-refractivity contribution is 5.13. The predicted octanol–water partition coefficient (Wildman–Crippen LogP) is 2.06. The number of hydrogen-bond donors (Lipinski definition) is 1. The molecule has 2 unspecified atom stereocenters. The molecule has 2 atom stereocenters. The number of aryl methyl sites for hydroxylation is 1. The maximum atomic E-state index is 6.58. The molecule has 2 N–H and O–H groups in total. The van der Waals surface area contributed by atoms with Gasteiger partial charge in [-0.25, -0.2) is 4.98 Å². The lowest BCUT2D eigenvalue weighted by atomic mass is 9.76. The lowest BCUT2D eigenvalue weighted by Crippen LogP contribution is -2.43. The Hall–Kier alpha value is -0.900. The van der Waals surface area contributed by atoms with Crippen molar-refractivity contribution in [2.24, 2.45) is 18.7 Å². The zero-order valence-electron chi connectivity index (χ0n) is 10.8. The van der Waals surface area contributed by atoms with Gasteiger partial charge in [0.2, 0.25) is 0 Å². The van der Waals surface area contributed by atoms with E-state index >= 15 is 0 Å². The molecule has 1 aromatic heterocycles. The van der Waals surface area contributed by atoms with Crippen LogP contribution in [0.25, 0.3) is 0 Å². The summed E-state index contributed by atoms with van der Waals surface area (Å²) in [6.07, 6.45) is 7.10. The van der Waals surface area contributed by atoms with Crippen LogP contribution in [-0.2, 0) is 12.6 Å². The van der Waals surface area contributed by atoms with Crippen molar-refractivity contribution in [2.45, 2.75) is 56.9 Å². The Morgan fingerprint density at radius 1 is 1.35 bits per heavy atom. The average molecular weight is 234 g/mol. The lowest BCUT2D eigenvalue weighted by Gasteiger charge is -2.35. The fourth-order valence-electron chi connectivity index (χ4n) is 3.15. The first-order chi connectivity index (χ1) is 8.08. The van der Waals surface area contributed by atoms with Crippen LogP contribution in [0.2, 0.25) is 0 Å². The highest BCUT2D eigenvalue weighted by Gasteiger charge is 2.38. The smallest absolute Gasteiger partial charge is 0.154 e. The number of aromatic nitrogens is 3. The van der Waals surface area contributed by atoms with Crippen LogP contribution in [0.4, 0.5) is 0 Å². The van der Waals surface area contributed by atoms with Crippen LogP contribution in [0.1, 0.15) is 63.0 Å². The van der Waals surface area contributed by atoms with Crippen LogP contribution in [0.3, 0.4) is 0 Å². The summed E-state index contributed by atoms with van der Waals surface area (Å²) in [6, 6.07) is 0. The monoisotopic (exact) mass is 234 g/mol. The Morgan fingerprint density at radius 3 is 2.76 bits per heavy atom. The zero-order chi connectivity index (χ0) is 12.0. The molecule has 2 aliphatic carbocycles. The second-order valence-corrected chi connectivity index (χ2v) is 6.05. The predicted molar refractivity (Wildman–Crippen MR) is 66.5 cm³/mol. The van der Waals surface area contributed by atoms with Crippen molar-refractivity contribution in [3.8, 4) is 0 Å². The van der Waals surface area contributed by atoms with Crippen LogP contribution in [-0.4, -0.2) is 14.8 Å². The van der Waals surface area contributed by atoms with Gasteiger partial charge in [0, 0.05) is 13.0 Å². The molecule has 4 heteroatoms. The van der Waals surface area contributed by atoms with Crippen molar-refractivity contribution in [1.29, 1.82) is 0 Å². The topological polar surface area (TPSA) is 56.7 Å². The summed E-state index contributed by atoms with van der Waals surface area (Å²) in [6.45, 7) is 2.29. The van der Waals surface area contributed by atoms with E-state index < -0.39 is 0 Å². The van der Waals surface area contributed by atoms with E-state index in [9.17, 15) is 0 Å². The molecule has 0 bridgehead atoms. The van der Waals surface area contributed by atoms with Crippen LogP contribution in [0.15, 0.2) is 0 Å². The molecule has 2 fully saturated rings. The minimum absolute atomic E-state index is 0.243. The molecule has 0 radical (unpaired) electrons. The van der Waals surface area contributed by atoms with Gasteiger partial charge in [-0.15, -0.1) is 0 Å². The third-order valence-electron chi connectivity index (χ3n) is 4.20. The van der Waals surface area contributed by atoms with Gasteiger partial charge in [0.05, 0.1) is 5.54 Å². The Bertz CT molecular complexity index is 421. The summed E-state index contributed by atoms with van der Waals surface area (Å²) < 4.78 is 1.92. The molecular weight excluding hydrogens is 212 g/mol. The van der Waals surface area contributed by atoms with Crippen molar-refractivity contribution in [3.05, 3.63) is 11.6 Å². The van der Waals surface area contributed by atoms with E-state index in [2.05, 4.69) is 12.0 Å². The van der Waals surface area contributed by atoms with E-state index in [-0.39, 0.29) is 5.54 Å². The Morgan fingerprint density at radius 2 is 2.12 bits per heavy atom. The van der Waals surface area contributed by atoms with Crippen LogP contribution in [0.5, 0.6) is 0 Å². The Kier molecular flexibility index (Phi) is 2.51. The fourth-order valence-corrected chi connectivity index (χ4v) is 3.15. The number of hydrogen-bond acceptors (Lipinski definition) is 3. The molecule has 0 aliphatic heterocycles. The van der Waals surface area contributed by atoms with E-state index in [1.54, 1.807) is 0 Å². The van der Waals surface area contributed by atoms with Crippen LogP contribution in [0, 0.1) is 5.92 Å². The molecule has 17 heavy (non-hydrogen) atoms. The second-order valence-electron chi connectivity index (χ2n) is 6.05. The maximum absolute atomic E-state index is 6.58. The van der Waals surface area contributed by atoms with Crippen molar-refractivity contribution >= 4 is 0 Å². The quantitative estimate of drug-likeness (QED) is 0.852. The van der Waals surface area contributed by atoms with Gasteiger partial charge in [-0.2, -0.15) is 5.10 Å². The van der Waals surface area contributed by atoms with Gasteiger partial charge < -0.3 is 5.73 Å². The Labute approximate surface area is 103 Å². The van der Waals surface area contributed by atoms with E-state index in [1.807, 2.05) is 11.7 Å².